The normalized spacial score (nSPS) is 12.4. The number of nitrogens with one attached hydrogen (secondary N) is 2. The molecule has 1 heterocycles. The first-order chi connectivity index (χ1) is 12.1. The van der Waals surface area contributed by atoms with Crippen molar-refractivity contribution in [3.8, 4) is 0 Å². The summed E-state index contributed by atoms with van der Waals surface area (Å²) in [6, 6.07) is 18.2. The van der Waals surface area contributed by atoms with Gasteiger partial charge in [0.1, 0.15) is 5.82 Å². The Labute approximate surface area is 148 Å². The van der Waals surface area contributed by atoms with E-state index in [-0.39, 0.29) is 11.9 Å². The minimum atomic E-state index is 0.0596. The van der Waals surface area contributed by atoms with Gasteiger partial charge in [-0.1, -0.05) is 56.3 Å². The van der Waals surface area contributed by atoms with Crippen LogP contribution >= 0.6 is 0 Å². The van der Waals surface area contributed by atoms with Crippen LogP contribution in [0.3, 0.4) is 0 Å². The van der Waals surface area contributed by atoms with Crippen molar-refractivity contribution in [1.82, 2.24) is 15.3 Å². The van der Waals surface area contributed by atoms with Crippen LogP contribution in [0.2, 0.25) is 0 Å². The first-order valence-corrected chi connectivity index (χ1v) is 8.90. The predicted octanol–water partition coefficient (Wildman–Crippen LogP) is 4.40. The molecule has 2 aromatic carbocycles. The van der Waals surface area contributed by atoms with Crippen LogP contribution < -0.4 is 5.32 Å². The van der Waals surface area contributed by atoms with Crippen LogP contribution in [0, 0.1) is 5.92 Å². The first-order valence-electron chi connectivity index (χ1n) is 8.90. The van der Waals surface area contributed by atoms with Crippen molar-refractivity contribution in [2.75, 3.05) is 0 Å². The molecule has 1 amide bonds. The van der Waals surface area contributed by atoms with Gasteiger partial charge in [-0.15, -0.1) is 0 Å². The summed E-state index contributed by atoms with van der Waals surface area (Å²) < 4.78 is 0. The lowest BCUT2D eigenvalue weighted by molar-refractivity contribution is -0.121. The standard InChI is InChI=1S/C21H25N3O/c1-15(2)14-19(16-8-4-3-5-9-16)24-21(25)13-12-20-22-17-10-6-7-11-18(17)23-20/h3-11,15,19H,12-14H2,1-2H3,(H,22,23)(H,24,25). The Morgan fingerprint density at radius 3 is 2.52 bits per heavy atom. The number of hydrogen-bond acceptors (Lipinski definition) is 2. The topological polar surface area (TPSA) is 57.8 Å². The number of nitrogens with zero attached hydrogens (tertiary/aromatic N) is 1. The van der Waals surface area contributed by atoms with Crippen molar-refractivity contribution in [2.24, 2.45) is 5.92 Å². The number of fused-ring (bicyclic) bond motifs is 1. The van der Waals surface area contributed by atoms with Gasteiger partial charge in [0, 0.05) is 12.8 Å². The van der Waals surface area contributed by atoms with Gasteiger partial charge in [0.2, 0.25) is 5.91 Å². The highest BCUT2D eigenvalue weighted by Gasteiger charge is 2.16. The zero-order valence-corrected chi connectivity index (χ0v) is 14.8. The molecular weight excluding hydrogens is 310 g/mol. The third-order valence-electron chi connectivity index (χ3n) is 4.27. The van der Waals surface area contributed by atoms with Gasteiger partial charge >= 0.3 is 0 Å². The largest absolute Gasteiger partial charge is 0.349 e. The van der Waals surface area contributed by atoms with Crippen molar-refractivity contribution >= 4 is 16.9 Å². The van der Waals surface area contributed by atoms with Crippen LogP contribution in [0.1, 0.15) is 44.1 Å². The van der Waals surface area contributed by atoms with E-state index < -0.39 is 0 Å². The number of para-hydroxylation sites is 2. The van der Waals surface area contributed by atoms with E-state index in [1.807, 2.05) is 42.5 Å². The lowest BCUT2D eigenvalue weighted by Crippen LogP contribution is -2.29. The number of aromatic nitrogens is 2. The van der Waals surface area contributed by atoms with E-state index in [1.165, 1.54) is 0 Å². The van der Waals surface area contributed by atoms with E-state index in [0.29, 0.717) is 18.8 Å². The second-order valence-electron chi connectivity index (χ2n) is 6.86. The van der Waals surface area contributed by atoms with Crippen LogP contribution in [-0.4, -0.2) is 15.9 Å². The Kier molecular flexibility index (Phi) is 5.49. The zero-order valence-electron chi connectivity index (χ0n) is 14.8. The van der Waals surface area contributed by atoms with Gasteiger partial charge in [0.05, 0.1) is 17.1 Å². The van der Waals surface area contributed by atoms with Crippen LogP contribution in [0.15, 0.2) is 54.6 Å². The molecule has 4 heteroatoms. The molecule has 3 rings (SSSR count). The summed E-state index contributed by atoms with van der Waals surface area (Å²) in [6.45, 7) is 4.35. The number of carbonyl (C=O) groups excluding carboxylic acids is 1. The van der Waals surface area contributed by atoms with Gasteiger partial charge in [-0.2, -0.15) is 0 Å². The van der Waals surface area contributed by atoms with Crippen LogP contribution in [-0.2, 0) is 11.2 Å². The Hall–Kier alpha value is -2.62. The summed E-state index contributed by atoms with van der Waals surface area (Å²) in [5.74, 6) is 1.44. The van der Waals surface area contributed by atoms with E-state index in [9.17, 15) is 4.79 Å². The molecular formula is C21H25N3O. The summed E-state index contributed by atoms with van der Waals surface area (Å²) in [5.41, 5.74) is 3.12. The van der Waals surface area contributed by atoms with Gasteiger partial charge in [-0.3, -0.25) is 4.79 Å². The molecule has 4 nitrogen and oxygen atoms in total. The third-order valence-corrected chi connectivity index (χ3v) is 4.27. The first kappa shape index (κ1) is 17.2. The number of rotatable bonds is 7. The monoisotopic (exact) mass is 335 g/mol. The van der Waals surface area contributed by atoms with Crippen LogP contribution in [0.5, 0.6) is 0 Å². The molecule has 0 aliphatic carbocycles. The number of H-pyrrole nitrogens is 1. The molecule has 1 aromatic heterocycles. The molecule has 0 saturated heterocycles. The van der Waals surface area contributed by atoms with E-state index in [1.54, 1.807) is 0 Å². The van der Waals surface area contributed by atoms with Gasteiger partial charge in [0.15, 0.2) is 0 Å². The number of hydrogen-bond donors (Lipinski definition) is 2. The number of amides is 1. The minimum Gasteiger partial charge on any atom is -0.349 e. The molecule has 0 aliphatic heterocycles. The number of carbonyl (C=O) groups is 1. The van der Waals surface area contributed by atoms with Crippen LogP contribution in [0.4, 0.5) is 0 Å². The fourth-order valence-corrected chi connectivity index (χ4v) is 3.06. The predicted molar refractivity (Wildman–Crippen MR) is 101 cm³/mol. The molecule has 3 aromatic rings. The SMILES string of the molecule is CC(C)CC(NC(=O)CCc1nc2ccccc2[nH]1)c1ccccc1. The zero-order chi connectivity index (χ0) is 17.6. The molecule has 0 saturated carbocycles. The Balaban J connectivity index is 1.61. The fourth-order valence-electron chi connectivity index (χ4n) is 3.06. The Bertz CT molecular complexity index is 790. The quantitative estimate of drug-likeness (QED) is 0.672. The average Bonchev–Trinajstić information content (AvgIpc) is 3.03. The number of aromatic amines is 1. The van der Waals surface area contributed by atoms with Crippen molar-refractivity contribution < 1.29 is 4.79 Å². The van der Waals surface area contributed by atoms with Crippen molar-refractivity contribution in [1.29, 1.82) is 0 Å². The summed E-state index contributed by atoms with van der Waals surface area (Å²) in [4.78, 5) is 20.3. The Morgan fingerprint density at radius 1 is 1.08 bits per heavy atom. The van der Waals surface area contributed by atoms with E-state index >= 15 is 0 Å². The van der Waals surface area contributed by atoms with Crippen molar-refractivity contribution in [2.45, 2.75) is 39.2 Å². The molecule has 0 spiro atoms. The van der Waals surface area contributed by atoms with E-state index in [0.717, 1.165) is 28.8 Å². The highest BCUT2D eigenvalue weighted by atomic mass is 16.1. The summed E-state index contributed by atoms with van der Waals surface area (Å²) in [6.07, 6.45) is 1.98. The minimum absolute atomic E-state index is 0.0596. The third kappa shape index (κ3) is 4.69. The number of aryl methyl sites for hydroxylation is 1. The van der Waals surface area contributed by atoms with E-state index in [4.69, 9.17) is 0 Å². The summed E-state index contributed by atoms with van der Waals surface area (Å²) >= 11 is 0. The average molecular weight is 335 g/mol. The van der Waals surface area contributed by atoms with E-state index in [2.05, 4.69) is 41.3 Å². The molecule has 0 fully saturated rings. The maximum Gasteiger partial charge on any atom is 0.220 e. The second-order valence-corrected chi connectivity index (χ2v) is 6.86. The smallest absolute Gasteiger partial charge is 0.220 e. The Morgan fingerprint density at radius 2 is 1.80 bits per heavy atom. The maximum atomic E-state index is 12.4. The van der Waals surface area contributed by atoms with Crippen molar-refractivity contribution in [3.05, 3.63) is 66.0 Å². The highest BCUT2D eigenvalue weighted by Crippen LogP contribution is 2.21. The number of imidazole rings is 1. The van der Waals surface area contributed by atoms with Crippen LogP contribution in [0.25, 0.3) is 11.0 Å². The molecule has 0 bridgehead atoms. The molecule has 1 unspecified atom stereocenters. The maximum absolute atomic E-state index is 12.4. The molecule has 1 atom stereocenters. The fraction of sp³-hybridized carbons (Fsp3) is 0.333. The van der Waals surface area contributed by atoms with Gasteiger partial charge in [-0.25, -0.2) is 4.98 Å². The lowest BCUT2D eigenvalue weighted by atomic mass is 9.97. The van der Waals surface area contributed by atoms with Crippen molar-refractivity contribution in [3.63, 3.8) is 0 Å². The second kappa shape index (κ2) is 7.97. The molecule has 0 radical (unpaired) electrons. The molecule has 2 N–H and O–H groups in total. The lowest BCUT2D eigenvalue weighted by Gasteiger charge is -2.21. The van der Waals surface area contributed by atoms with Gasteiger partial charge in [0.25, 0.3) is 0 Å². The highest BCUT2D eigenvalue weighted by molar-refractivity contribution is 5.77. The molecule has 0 aliphatic rings. The molecule has 130 valence electrons. The van der Waals surface area contributed by atoms with Gasteiger partial charge in [-0.05, 0) is 30.0 Å². The number of benzene rings is 2. The molecule has 25 heavy (non-hydrogen) atoms. The van der Waals surface area contributed by atoms with Gasteiger partial charge < -0.3 is 10.3 Å². The summed E-state index contributed by atoms with van der Waals surface area (Å²) in [5, 5.41) is 3.19. The summed E-state index contributed by atoms with van der Waals surface area (Å²) in [7, 11) is 0.